The number of methoxy groups -OCH3 is 1. The molecule has 1 aromatic carbocycles. The number of amides is 1. The zero-order valence-electron chi connectivity index (χ0n) is 15.6. The Morgan fingerprint density at radius 1 is 1.22 bits per heavy atom. The Kier molecular flexibility index (Phi) is 7.74. The Hall–Kier alpha value is -1.99. The van der Waals surface area contributed by atoms with Crippen LogP contribution in [0.3, 0.4) is 0 Å². The van der Waals surface area contributed by atoms with E-state index in [1.807, 2.05) is 11.8 Å². The average molecular weight is 415 g/mol. The van der Waals surface area contributed by atoms with Gasteiger partial charge in [0.1, 0.15) is 0 Å². The topological polar surface area (TPSA) is 83.0 Å². The summed E-state index contributed by atoms with van der Waals surface area (Å²) in [5.74, 6) is 0.283. The number of nitrogens with one attached hydrogen (secondary N) is 2. The second-order valence-corrected chi connectivity index (χ2v) is 7.19. The SMILES string of the molecule is CN=C(NCCNC(=O)c1ccc(Cl)c(Cl)c1)N1CC(C)C(C(=O)OC)C1. The number of carbonyl (C=O) groups excluding carboxylic acids is 2. The predicted molar refractivity (Wildman–Crippen MR) is 106 cm³/mol. The van der Waals surface area contributed by atoms with Crippen LogP contribution in [0.5, 0.6) is 0 Å². The minimum absolute atomic E-state index is 0.164. The number of hydrogen-bond donors (Lipinski definition) is 2. The van der Waals surface area contributed by atoms with Crippen molar-refractivity contribution >= 4 is 41.0 Å². The number of likely N-dealkylation sites (tertiary alicyclic amines) is 1. The van der Waals surface area contributed by atoms with E-state index < -0.39 is 0 Å². The molecule has 9 heteroatoms. The molecule has 7 nitrogen and oxygen atoms in total. The molecule has 148 valence electrons. The maximum absolute atomic E-state index is 12.1. The number of halogens is 2. The molecule has 2 unspecified atom stereocenters. The molecule has 1 aliphatic rings. The number of guanidine groups is 1. The van der Waals surface area contributed by atoms with Crippen LogP contribution in [-0.4, -0.2) is 63.1 Å². The number of ether oxygens (including phenoxy) is 1. The first kappa shape index (κ1) is 21.3. The molecule has 2 rings (SSSR count). The summed E-state index contributed by atoms with van der Waals surface area (Å²) < 4.78 is 4.86. The van der Waals surface area contributed by atoms with Crippen molar-refractivity contribution in [1.82, 2.24) is 15.5 Å². The van der Waals surface area contributed by atoms with E-state index in [9.17, 15) is 9.59 Å². The van der Waals surface area contributed by atoms with Crippen molar-refractivity contribution in [2.75, 3.05) is 40.3 Å². The lowest BCUT2D eigenvalue weighted by molar-refractivity contribution is -0.145. The Labute approximate surface area is 169 Å². The second-order valence-electron chi connectivity index (χ2n) is 6.37. The van der Waals surface area contributed by atoms with Gasteiger partial charge in [-0.25, -0.2) is 0 Å². The van der Waals surface area contributed by atoms with Crippen molar-refractivity contribution in [2.24, 2.45) is 16.8 Å². The van der Waals surface area contributed by atoms with Gasteiger partial charge < -0.3 is 20.3 Å². The van der Waals surface area contributed by atoms with Crippen molar-refractivity contribution in [1.29, 1.82) is 0 Å². The normalized spacial score (nSPS) is 19.7. The van der Waals surface area contributed by atoms with E-state index in [1.54, 1.807) is 19.2 Å². The maximum Gasteiger partial charge on any atom is 0.310 e. The summed E-state index contributed by atoms with van der Waals surface area (Å²) in [6, 6.07) is 4.74. The molecule has 1 fully saturated rings. The molecule has 1 saturated heterocycles. The zero-order chi connectivity index (χ0) is 20.0. The first-order chi connectivity index (χ1) is 12.9. The van der Waals surface area contributed by atoms with Gasteiger partial charge in [-0.05, 0) is 24.1 Å². The number of aliphatic imine (C=N–C) groups is 1. The van der Waals surface area contributed by atoms with Gasteiger partial charge in [0.25, 0.3) is 5.91 Å². The lowest BCUT2D eigenvalue weighted by Crippen LogP contribution is -2.43. The first-order valence-corrected chi connectivity index (χ1v) is 9.39. The van der Waals surface area contributed by atoms with Crippen LogP contribution < -0.4 is 10.6 Å². The third-order valence-electron chi connectivity index (χ3n) is 4.50. The van der Waals surface area contributed by atoms with Crippen LogP contribution in [0.15, 0.2) is 23.2 Å². The smallest absolute Gasteiger partial charge is 0.310 e. The number of esters is 1. The molecule has 2 N–H and O–H groups in total. The van der Waals surface area contributed by atoms with E-state index in [4.69, 9.17) is 27.9 Å². The van der Waals surface area contributed by atoms with E-state index in [0.717, 1.165) is 6.54 Å². The van der Waals surface area contributed by atoms with Gasteiger partial charge in [-0.1, -0.05) is 30.1 Å². The number of benzene rings is 1. The third-order valence-corrected chi connectivity index (χ3v) is 5.24. The van der Waals surface area contributed by atoms with Gasteiger partial charge in [0, 0.05) is 38.8 Å². The van der Waals surface area contributed by atoms with Crippen molar-refractivity contribution in [3.8, 4) is 0 Å². The Morgan fingerprint density at radius 2 is 1.93 bits per heavy atom. The fraction of sp³-hybridized carbons (Fsp3) is 0.500. The summed E-state index contributed by atoms with van der Waals surface area (Å²) in [5.41, 5.74) is 0.447. The molecule has 0 saturated carbocycles. The van der Waals surface area contributed by atoms with Gasteiger partial charge in [-0.15, -0.1) is 0 Å². The monoisotopic (exact) mass is 414 g/mol. The lowest BCUT2D eigenvalue weighted by atomic mass is 9.99. The Morgan fingerprint density at radius 3 is 2.56 bits per heavy atom. The molecule has 0 aliphatic carbocycles. The second kappa shape index (κ2) is 9.80. The molecule has 2 atom stereocenters. The number of nitrogens with zero attached hydrogens (tertiary/aromatic N) is 2. The van der Waals surface area contributed by atoms with Gasteiger partial charge in [0.05, 0.1) is 23.1 Å². The molecule has 0 spiro atoms. The largest absolute Gasteiger partial charge is 0.469 e. The summed E-state index contributed by atoms with van der Waals surface area (Å²) in [4.78, 5) is 30.2. The molecular formula is C18H24Cl2N4O3. The average Bonchev–Trinajstić information content (AvgIpc) is 3.04. The fourth-order valence-corrected chi connectivity index (χ4v) is 3.32. The molecule has 0 aromatic heterocycles. The van der Waals surface area contributed by atoms with Gasteiger partial charge >= 0.3 is 5.97 Å². The highest BCUT2D eigenvalue weighted by Crippen LogP contribution is 2.24. The van der Waals surface area contributed by atoms with Crippen LogP contribution in [0, 0.1) is 11.8 Å². The summed E-state index contributed by atoms with van der Waals surface area (Å²) in [6.07, 6.45) is 0. The van der Waals surface area contributed by atoms with Crippen LogP contribution in [0.4, 0.5) is 0 Å². The minimum Gasteiger partial charge on any atom is -0.469 e. The molecule has 1 aromatic rings. The van der Waals surface area contributed by atoms with Crippen molar-refractivity contribution < 1.29 is 14.3 Å². The van der Waals surface area contributed by atoms with Crippen LogP contribution in [-0.2, 0) is 9.53 Å². The summed E-state index contributed by atoms with van der Waals surface area (Å²) in [6.45, 7) is 4.19. The molecule has 0 bridgehead atoms. The van der Waals surface area contributed by atoms with Gasteiger partial charge in [-0.2, -0.15) is 0 Å². The number of hydrogen-bond acceptors (Lipinski definition) is 4. The van der Waals surface area contributed by atoms with Crippen molar-refractivity contribution in [2.45, 2.75) is 6.92 Å². The van der Waals surface area contributed by atoms with Gasteiger partial charge in [0.15, 0.2) is 5.96 Å². The van der Waals surface area contributed by atoms with E-state index in [0.29, 0.717) is 41.2 Å². The molecule has 0 radical (unpaired) electrons. The Balaban J connectivity index is 1.80. The molecule has 1 aliphatic heterocycles. The van der Waals surface area contributed by atoms with Crippen molar-refractivity contribution in [3.63, 3.8) is 0 Å². The number of rotatable bonds is 5. The lowest BCUT2D eigenvalue weighted by Gasteiger charge is -2.21. The van der Waals surface area contributed by atoms with E-state index >= 15 is 0 Å². The summed E-state index contributed by atoms with van der Waals surface area (Å²) in [7, 11) is 3.09. The first-order valence-electron chi connectivity index (χ1n) is 8.64. The highest BCUT2D eigenvalue weighted by atomic mass is 35.5. The van der Waals surface area contributed by atoms with Crippen LogP contribution in [0.25, 0.3) is 0 Å². The van der Waals surface area contributed by atoms with E-state index in [2.05, 4.69) is 15.6 Å². The molecular weight excluding hydrogens is 391 g/mol. The van der Waals surface area contributed by atoms with Crippen LogP contribution in [0.2, 0.25) is 10.0 Å². The van der Waals surface area contributed by atoms with Gasteiger partial charge in [-0.3, -0.25) is 14.6 Å². The highest BCUT2D eigenvalue weighted by Gasteiger charge is 2.36. The molecule has 27 heavy (non-hydrogen) atoms. The number of carbonyl (C=O) groups is 2. The van der Waals surface area contributed by atoms with E-state index in [1.165, 1.54) is 13.2 Å². The van der Waals surface area contributed by atoms with E-state index in [-0.39, 0.29) is 23.7 Å². The predicted octanol–water partition coefficient (Wildman–Crippen LogP) is 2.04. The zero-order valence-corrected chi connectivity index (χ0v) is 17.1. The van der Waals surface area contributed by atoms with Crippen molar-refractivity contribution in [3.05, 3.63) is 33.8 Å². The minimum atomic E-state index is -0.231. The van der Waals surface area contributed by atoms with Crippen LogP contribution in [0.1, 0.15) is 17.3 Å². The summed E-state index contributed by atoms with van der Waals surface area (Å²) in [5, 5.41) is 6.75. The van der Waals surface area contributed by atoms with Crippen LogP contribution >= 0.6 is 23.2 Å². The quantitative estimate of drug-likeness (QED) is 0.333. The fourth-order valence-electron chi connectivity index (χ4n) is 3.02. The maximum atomic E-state index is 12.1. The molecule has 1 heterocycles. The standard InChI is InChI=1S/C18H24Cl2N4O3/c1-11-9-24(10-13(11)17(26)27-3)18(21-2)23-7-6-22-16(25)12-4-5-14(19)15(20)8-12/h4-5,8,11,13H,6-7,9-10H2,1-3H3,(H,21,23)(H,22,25). The van der Waals surface area contributed by atoms with Gasteiger partial charge in [0.2, 0.25) is 0 Å². The highest BCUT2D eigenvalue weighted by molar-refractivity contribution is 6.42. The molecule has 1 amide bonds. The third kappa shape index (κ3) is 5.49. The Bertz CT molecular complexity index is 727. The summed E-state index contributed by atoms with van der Waals surface area (Å²) >= 11 is 11.8.